The first-order valence-corrected chi connectivity index (χ1v) is 7.24. The first kappa shape index (κ1) is 15.0. The van der Waals surface area contributed by atoms with Gasteiger partial charge < -0.3 is 10.1 Å². The molecule has 17 heavy (non-hydrogen) atoms. The number of hydrogen-bond donors (Lipinski definition) is 1. The highest BCUT2D eigenvalue weighted by molar-refractivity contribution is 4.78. The predicted octanol–water partition coefficient (Wildman–Crippen LogP) is 3.61. The minimum absolute atomic E-state index is 0.389. The van der Waals surface area contributed by atoms with E-state index in [2.05, 4.69) is 39.9 Å². The summed E-state index contributed by atoms with van der Waals surface area (Å²) >= 11 is 0. The maximum Gasteiger partial charge on any atom is 0.0576 e. The SMILES string of the molecule is CC(C)NCC(CCC1CCCO1)C(C)(C)C. The van der Waals surface area contributed by atoms with Crippen LogP contribution < -0.4 is 5.32 Å². The van der Waals surface area contributed by atoms with Crippen molar-refractivity contribution in [1.29, 1.82) is 0 Å². The van der Waals surface area contributed by atoms with Crippen LogP contribution in [0.5, 0.6) is 0 Å². The van der Waals surface area contributed by atoms with E-state index in [0.29, 0.717) is 17.6 Å². The summed E-state index contributed by atoms with van der Waals surface area (Å²) in [6.45, 7) is 13.6. The van der Waals surface area contributed by atoms with Crippen LogP contribution in [0, 0.1) is 11.3 Å². The van der Waals surface area contributed by atoms with Gasteiger partial charge in [-0.25, -0.2) is 0 Å². The summed E-state index contributed by atoms with van der Waals surface area (Å²) in [7, 11) is 0. The van der Waals surface area contributed by atoms with Gasteiger partial charge in [-0.15, -0.1) is 0 Å². The lowest BCUT2D eigenvalue weighted by Gasteiger charge is -2.32. The van der Waals surface area contributed by atoms with Gasteiger partial charge in [-0.3, -0.25) is 0 Å². The molecule has 102 valence electrons. The third-order valence-corrected chi connectivity index (χ3v) is 3.86. The number of hydrogen-bond acceptors (Lipinski definition) is 2. The molecule has 0 aromatic heterocycles. The van der Waals surface area contributed by atoms with E-state index in [1.165, 1.54) is 25.7 Å². The smallest absolute Gasteiger partial charge is 0.0576 e. The molecule has 0 aromatic carbocycles. The lowest BCUT2D eigenvalue weighted by molar-refractivity contribution is 0.0887. The van der Waals surface area contributed by atoms with Gasteiger partial charge in [0.05, 0.1) is 6.10 Å². The second kappa shape index (κ2) is 6.75. The Labute approximate surface area is 108 Å². The third kappa shape index (κ3) is 5.87. The Bertz CT molecular complexity index is 201. The van der Waals surface area contributed by atoms with Crippen LogP contribution in [0.3, 0.4) is 0 Å². The molecule has 1 fully saturated rings. The molecule has 1 aliphatic rings. The van der Waals surface area contributed by atoms with E-state index in [1.54, 1.807) is 0 Å². The molecule has 2 unspecified atom stereocenters. The molecule has 0 aliphatic carbocycles. The summed E-state index contributed by atoms with van der Waals surface area (Å²) in [5.41, 5.74) is 0.389. The average Bonchev–Trinajstić information content (AvgIpc) is 2.67. The van der Waals surface area contributed by atoms with E-state index in [4.69, 9.17) is 4.74 Å². The van der Waals surface area contributed by atoms with Crippen molar-refractivity contribution in [2.75, 3.05) is 13.2 Å². The Morgan fingerprint density at radius 3 is 2.47 bits per heavy atom. The molecular weight excluding hydrogens is 210 g/mol. The molecule has 1 rings (SSSR count). The van der Waals surface area contributed by atoms with Crippen molar-refractivity contribution in [3.05, 3.63) is 0 Å². The summed E-state index contributed by atoms with van der Waals surface area (Å²) < 4.78 is 5.72. The Balaban J connectivity index is 2.34. The fourth-order valence-corrected chi connectivity index (χ4v) is 2.48. The van der Waals surface area contributed by atoms with E-state index >= 15 is 0 Å². The summed E-state index contributed by atoms with van der Waals surface area (Å²) in [4.78, 5) is 0. The zero-order valence-corrected chi connectivity index (χ0v) is 12.4. The van der Waals surface area contributed by atoms with Crippen LogP contribution in [-0.4, -0.2) is 25.3 Å². The van der Waals surface area contributed by atoms with E-state index in [-0.39, 0.29) is 0 Å². The van der Waals surface area contributed by atoms with Crippen LogP contribution in [0.1, 0.15) is 60.3 Å². The van der Waals surface area contributed by atoms with Gasteiger partial charge >= 0.3 is 0 Å². The molecule has 0 radical (unpaired) electrons. The third-order valence-electron chi connectivity index (χ3n) is 3.86. The largest absolute Gasteiger partial charge is 0.378 e. The normalized spacial score (nSPS) is 23.3. The van der Waals surface area contributed by atoms with Crippen molar-refractivity contribution in [2.24, 2.45) is 11.3 Å². The van der Waals surface area contributed by atoms with E-state index in [0.717, 1.165) is 19.1 Å². The Kier molecular flexibility index (Phi) is 5.94. The van der Waals surface area contributed by atoms with Gasteiger partial charge in [-0.2, -0.15) is 0 Å². The fraction of sp³-hybridized carbons (Fsp3) is 1.00. The maximum atomic E-state index is 5.72. The molecule has 0 amide bonds. The van der Waals surface area contributed by atoms with Crippen LogP contribution in [0.2, 0.25) is 0 Å². The molecule has 0 aromatic rings. The van der Waals surface area contributed by atoms with Gasteiger partial charge in [0.15, 0.2) is 0 Å². The van der Waals surface area contributed by atoms with E-state index < -0.39 is 0 Å². The van der Waals surface area contributed by atoms with E-state index in [1.807, 2.05) is 0 Å². The molecule has 0 spiro atoms. The highest BCUT2D eigenvalue weighted by atomic mass is 16.5. The number of ether oxygens (including phenoxy) is 1. The van der Waals surface area contributed by atoms with Crippen molar-refractivity contribution >= 4 is 0 Å². The highest BCUT2D eigenvalue weighted by Crippen LogP contribution is 2.31. The summed E-state index contributed by atoms with van der Waals surface area (Å²) in [6.07, 6.45) is 5.60. The second-order valence-electron chi connectivity index (χ2n) is 6.84. The molecule has 1 aliphatic heterocycles. The molecular formula is C15H31NO. The van der Waals surface area contributed by atoms with Gasteiger partial charge in [0.2, 0.25) is 0 Å². The van der Waals surface area contributed by atoms with Crippen LogP contribution in [0.15, 0.2) is 0 Å². The summed E-state index contributed by atoms with van der Waals surface area (Å²) in [6, 6.07) is 0.586. The summed E-state index contributed by atoms with van der Waals surface area (Å²) in [5.74, 6) is 0.745. The topological polar surface area (TPSA) is 21.3 Å². The monoisotopic (exact) mass is 241 g/mol. The number of rotatable bonds is 6. The van der Waals surface area contributed by atoms with Gasteiger partial charge in [0.25, 0.3) is 0 Å². The Morgan fingerprint density at radius 2 is 2.00 bits per heavy atom. The standard InChI is InChI=1S/C15H31NO/c1-12(2)16-11-13(15(3,4)5)8-9-14-7-6-10-17-14/h12-14,16H,6-11H2,1-5H3. The predicted molar refractivity (Wildman–Crippen MR) is 74.3 cm³/mol. The second-order valence-corrected chi connectivity index (χ2v) is 6.84. The van der Waals surface area contributed by atoms with Gasteiger partial charge in [0.1, 0.15) is 0 Å². The maximum absolute atomic E-state index is 5.72. The van der Waals surface area contributed by atoms with Crippen molar-refractivity contribution < 1.29 is 4.74 Å². The van der Waals surface area contributed by atoms with Crippen LogP contribution in [0.25, 0.3) is 0 Å². The highest BCUT2D eigenvalue weighted by Gasteiger charge is 2.26. The fourth-order valence-electron chi connectivity index (χ4n) is 2.48. The van der Waals surface area contributed by atoms with Gasteiger partial charge in [0, 0.05) is 12.6 Å². The zero-order chi connectivity index (χ0) is 12.9. The minimum atomic E-state index is 0.389. The lowest BCUT2D eigenvalue weighted by atomic mass is 9.77. The molecule has 1 heterocycles. The molecule has 2 nitrogen and oxygen atoms in total. The van der Waals surface area contributed by atoms with Gasteiger partial charge in [-0.1, -0.05) is 34.6 Å². The molecule has 2 heteroatoms. The Morgan fingerprint density at radius 1 is 1.29 bits per heavy atom. The molecule has 2 atom stereocenters. The molecule has 1 N–H and O–H groups in total. The lowest BCUT2D eigenvalue weighted by Crippen LogP contribution is -2.35. The average molecular weight is 241 g/mol. The molecule has 0 saturated carbocycles. The first-order chi connectivity index (χ1) is 7.89. The molecule has 0 bridgehead atoms. The Hall–Kier alpha value is -0.0800. The van der Waals surface area contributed by atoms with Crippen molar-refractivity contribution in [1.82, 2.24) is 5.32 Å². The minimum Gasteiger partial charge on any atom is -0.378 e. The van der Waals surface area contributed by atoms with Crippen molar-refractivity contribution in [2.45, 2.75) is 72.4 Å². The van der Waals surface area contributed by atoms with Crippen LogP contribution in [-0.2, 0) is 4.74 Å². The molecule has 1 saturated heterocycles. The van der Waals surface area contributed by atoms with E-state index in [9.17, 15) is 0 Å². The van der Waals surface area contributed by atoms with Crippen molar-refractivity contribution in [3.63, 3.8) is 0 Å². The number of nitrogens with one attached hydrogen (secondary N) is 1. The quantitative estimate of drug-likeness (QED) is 0.767. The zero-order valence-electron chi connectivity index (χ0n) is 12.4. The van der Waals surface area contributed by atoms with Crippen LogP contribution >= 0.6 is 0 Å². The summed E-state index contributed by atoms with van der Waals surface area (Å²) in [5, 5.41) is 3.59. The first-order valence-electron chi connectivity index (χ1n) is 7.24. The van der Waals surface area contributed by atoms with Crippen LogP contribution in [0.4, 0.5) is 0 Å². The van der Waals surface area contributed by atoms with Gasteiger partial charge in [-0.05, 0) is 43.6 Å². The van der Waals surface area contributed by atoms with Crippen molar-refractivity contribution in [3.8, 4) is 0 Å².